The standard InChI is InChI=1S/C19H16N4O/c1-24-18-5-3-2-4-15(18)17-11-23-19-16(17)7-13(9-22-19)12-6-14(20)10-21-8-12/h2-11H,20H2,1H3,(H,22,23). The Hall–Kier alpha value is -3.34. The predicted molar refractivity (Wildman–Crippen MR) is 95.7 cm³/mol. The molecule has 0 aliphatic heterocycles. The van der Waals surface area contributed by atoms with Gasteiger partial charge >= 0.3 is 0 Å². The quantitative estimate of drug-likeness (QED) is 0.601. The molecular weight excluding hydrogens is 300 g/mol. The minimum atomic E-state index is 0.631. The van der Waals surface area contributed by atoms with Crippen molar-refractivity contribution < 1.29 is 4.74 Å². The van der Waals surface area contributed by atoms with Crippen LogP contribution in [0.1, 0.15) is 0 Å². The van der Waals surface area contributed by atoms with Crippen LogP contribution in [0.5, 0.6) is 5.75 Å². The summed E-state index contributed by atoms with van der Waals surface area (Å²) in [5.41, 5.74) is 11.3. The first kappa shape index (κ1) is 14.3. The number of para-hydroxylation sites is 1. The summed E-state index contributed by atoms with van der Waals surface area (Å²) in [6.45, 7) is 0. The largest absolute Gasteiger partial charge is 0.496 e. The molecule has 3 heterocycles. The van der Waals surface area contributed by atoms with Gasteiger partial charge in [0.1, 0.15) is 11.4 Å². The van der Waals surface area contributed by atoms with Crippen molar-refractivity contribution in [2.24, 2.45) is 0 Å². The zero-order valence-corrected chi connectivity index (χ0v) is 13.2. The predicted octanol–water partition coefficient (Wildman–Crippen LogP) is 3.88. The lowest BCUT2D eigenvalue weighted by Crippen LogP contribution is -1.89. The summed E-state index contributed by atoms with van der Waals surface area (Å²) >= 11 is 0. The van der Waals surface area contributed by atoms with E-state index in [-0.39, 0.29) is 0 Å². The maximum absolute atomic E-state index is 5.84. The molecule has 24 heavy (non-hydrogen) atoms. The number of methoxy groups -OCH3 is 1. The van der Waals surface area contributed by atoms with Crippen LogP contribution in [0.15, 0.2) is 61.2 Å². The molecule has 4 aromatic rings. The number of nitrogens with two attached hydrogens (primary N) is 1. The van der Waals surface area contributed by atoms with Crippen LogP contribution in [0.25, 0.3) is 33.3 Å². The Morgan fingerprint density at radius 1 is 1.00 bits per heavy atom. The molecule has 3 aromatic heterocycles. The van der Waals surface area contributed by atoms with Crippen molar-refractivity contribution >= 4 is 16.7 Å². The Kier molecular flexibility index (Phi) is 3.39. The van der Waals surface area contributed by atoms with Gasteiger partial charge in [0.2, 0.25) is 0 Å². The number of nitrogens with one attached hydrogen (secondary N) is 1. The van der Waals surface area contributed by atoms with Crippen LogP contribution in [0, 0.1) is 0 Å². The number of pyridine rings is 2. The minimum Gasteiger partial charge on any atom is -0.496 e. The number of nitrogens with zero attached hydrogens (tertiary/aromatic N) is 2. The second-order valence-corrected chi connectivity index (χ2v) is 5.53. The summed E-state index contributed by atoms with van der Waals surface area (Å²) in [5.74, 6) is 0.828. The van der Waals surface area contributed by atoms with Gasteiger partial charge in [-0.1, -0.05) is 18.2 Å². The zero-order chi connectivity index (χ0) is 16.5. The molecule has 1 aromatic carbocycles. The Morgan fingerprint density at radius 2 is 1.83 bits per heavy atom. The van der Waals surface area contributed by atoms with Gasteiger partial charge in [-0.05, 0) is 18.2 Å². The number of anilines is 1. The minimum absolute atomic E-state index is 0.631. The first-order chi connectivity index (χ1) is 11.8. The molecule has 0 atom stereocenters. The lowest BCUT2D eigenvalue weighted by molar-refractivity contribution is 0.416. The fourth-order valence-electron chi connectivity index (χ4n) is 2.87. The molecule has 0 unspecified atom stereocenters. The number of aromatic nitrogens is 3. The van der Waals surface area contributed by atoms with Crippen LogP contribution < -0.4 is 10.5 Å². The van der Waals surface area contributed by atoms with Crippen molar-refractivity contribution in [2.75, 3.05) is 12.8 Å². The summed E-state index contributed by atoms with van der Waals surface area (Å²) in [7, 11) is 1.68. The van der Waals surface area contributed by atoms with Gasteiger partial charge < -0.3 is 15.5 Å². The number of H-pyrrole nitrogens is 1. The van der Waals surface area contributed by atoms with Crippen LogP contribution in [-0.4, -0.2) is 22.1 Å². The number of nitrogen functional groups attached to an aromatic ring is 1. The van der Waals surface area contributed by atoms with E-state index in [4.69, 9.17) is 10.5 Å². The summed E-state index contributed by atoms with van der Waals surface area (Å²) in [6.07, 6.45) is 7.19. The molecule has 0 saturated carbocycles. The van der Waals surface area contributed by atoms with Gasteiger partial charge in [0, 0.05) is 52.4 Å². The molecule has 5 nitrogen and oxygen atoms in total. The lowest BCUT2D eigenvalue weighted by Gasteiger charge is -2.08. The molecule has 0 bridgehead atoms. The fourth-order valence-corrected chi connectivity index (χ4v) is 2.87. The van der Waals surface area contributed by atoms with Crippen molar-refractivity contribution in [3.63, 3.8) is 0 Å². The molecule has 0 spiro atoms. The molecule has 0 amide bonds. The number of ether oxygens (including phenoxy) is 1. The van der Waals surface area contributed by atoms with Gasteiger partial charge in [-0.15, -0.1) is 0 Å². The normalized spacial score (nSPS) is 10.9. The molecule has 0 fully saturated rings. The van der Waals surface area contributed by atoms with Crippen molar-refractivity contribution in [3.05, 3.63) is 61.2 Å². The maximum atomic E-state index is 5.84. The zero-order valence-electron chi connectivity index (χ0n) is 13.2. The van der Waals surface area contributed by atoms with E-state index in [1.807, 2.05) is 42.7 Å². The molecular formula is C19H16N4O. The van der Waals surface area contributed by atoms with E-state index < -0.39 is 0 Å². The van der Waals surface area contributed by atoms with Gasteiger partial charge in [0.15, 0.2) is 0 Å². The van der Waals surface area contributed by atoms with Gasteiger partial charge in [-0.2, -0.15) is 0 Å². The van der Waals surface area contributed by atoms with Gasteiger partial charge in [0.05, 0.1) is 12.8 Å². The summed E-state index contributed by atoms with van der Waals surface area (Å²) in [4.78, 5) is 11.9. The molecule has 4 rings (SSSR count). The van der Waals surface area contributed by atoms with E-state index in [0.717, 1.165) is 39.0 Å². The number of benzene rings is 1. The third-order valence-electron chi connectivity index (χ3n) is 4.02. The third kappa shape index (κ3) is 2.36. The summed E-state index contributed by atoms with van der Waals surface area (Å²) in [6, 6.07) is 11.9. The Balaban J connectivity index is 1.91. The molecule has 3 N–H and O–H groups in total. The van der Waals surface area contributed by atoms with Crippen molar-refractivity contribution in [1.29, 1.82) is 0 Å². The molecule has 5 heteroatoms. The van der Waals surface area contributed by atoms with Crippen molar-refractivity contribution in [1.82, 2.24) is 15.0 Å². The number of aromatic amines is 1. The maximum Gasteiger partial charge on any atom is 0.137 e. The SMILES string of the molecule is COc1ccccc1-c1c[nH]c2ncc(-c3cncc(N)c3)cc12. The van der Waals surface area contributed by atoms with E-state index in [0.29, 0.717) is 5.69 Å². The first-order valence-corrected chi connectivity index (χ1v) is 7.57. The smallest absolute Gasteiger partial charge is 0.137 e. The first-order valence-electron chi connectivity index (χ1n) is 7.57. The molecule has 0 aliphatic rings. The topological polar surface area (TPSA) is 76.8 Å². The highest BCUT2D eigenvalue weighted by Gasteiger charge is 2.12. The number of hydrogen-bond donors (Lipinski definition) is 2. The second-order valence-electron chi connectivity index (χ2n) is 5.53. The van der Waals surface area contributed by atoms with Gasteiger partial charge in [0.25, 0.3) is 0 Å². The van der Waals surface area contributed by atoms with Crippen molar-refractivity contribution in [2.45, 2.75) is 0 Å². The number of rotatable bonds is 3. The van der Waals surface area contributed by atoms with E-state index in [1.165, 1.54) is 0 Å². The molecule has 0 aliphatic carbocycles. The third-order valence-corrected chi connectivity index (χ3v) is 4.02. The summed E-state index contributed by atoms with van der Waals surface area (Å²) < 4.78 is 5.49. The van der Waals surface area contributed by atoms with Crippen LogP contribution >= 0.6 is 0 Å². The average Bonchev–Trinajstić information content (AvgIpc) is 3.04. The van der Waals surface area contributed by atoms with Crippen LogP contribution in [-0.2, 0) is 0 Å². The van der Waals surface area contributed by atoms with Crippen LogP contribution in [0.4, 0.5) is 5.69 Å². The average molecular weight is 316 g/mol. The van der Waals surface area contributed by atoms with Gasteiger partial charge in [-0.3, -0.25) is 4.98 Å². The summed E-state index contributed by atoms with van der Waals surface area (Å²) in [5, 5.41) is 1.03. The fraction of sp³-hybridized carbons (Fsp3) is 0.0526. The highest BCUT2D eigenvalue weighted by atomic mass is 16.5. The highest BCUT2D eigenvalue weighted by molar-refractivity contribution is 5.97. The monoisotopic (exact) mass is 316 g/mol. The number of fused-ring (bicyclic) bond motifs is 1. The molecule has 0 radical (unpaired) electrons. The Bertz CT molecular complexity index is 1020. The number of hydrogen-bond acceptors (Lipinski definition) is 4. The van der Waals surface area contributed by atoms with E-state index in [9.17, 15) is 0 Å². The van der Waals surface area contributed by atoms with E-state index >= 15 is 0 Å². The molecule has 118 valence electrons. The van der Waals surface area contributed by atoms with E-state index in [1.54, 1.807) is 19.5 Å². The highest BCUT2D eigenvalue weighted by Crippen LogP contribution is 2.35. The van der Waals surface area contributed by atoms with E-state index in [2.05, 4.69) is 21.0 Å². The van der Waals surface area contributed by atoms with Crippen LogP contribution in [0.3, 0.4) is 0 Å². The Labute approximate surface area is 139 Å². The van der Waals surface area contributed by atoms with Crippen molar-refractivity contribution in [3.8, 4) is 28.0 Å². The molecule has 0 saturated heterocycles. The lowest BCUT2D eigenvalue weighted by atomic mass is 10.0. The van der Waals surface area contributed by atoms with Crippen LogP contribution in [0.2, 0.25) is 0 Å². The Morgan fingerprint density at radius 3 is 2.67 bits per heavy atom. The van der Waals surface area contributed by atoms with Gasteiger partial charge in [-0.25, -0.2) is 4.98 Å². The second kappa shape index (κ2) is 5.70.